The Balaban J connectivity index is 2.66. The summed E-state index contributed by atoms with van der Waals surface area (Å²) < 4.78 is 5.78. The second kappa shape index (κ2) is 4.37. The van der Waals surface area contributed by atoms with Crippen LogP contribution in [0.4, 0.5) is 0 Å². The number of esters is 1. The Morgan fingerprint density at radius 3 is 2.81 bits per heavy atom. The molecule has 0 atom stereocenters. The van der Waals surface area contributed by atoms with Gasteiger partial charge in [0.05, 0.1) is 18.2 Å². The Morgan fingerprint density at radius 2 is 2.12 bits per heavy atom. The first-order chi connectivity index (χ1) is 7.61. The molecule has 0 saturated carbocycles. The molecule has 1 heterocycles. The van der Waals surface area contributed by atoms with Crippen LogP contribution in [0, 0.1) is 10.5 Å². The van der Waals surface area contributed by atoms with E-state index in [2.05, 4.69) is 32.3 Å². The van der Waals surface area contributed by atoms with Crippen molar-refractivity contribution in [1.29, 1.82) is 0 Å². The van der Waals surface area contributed by atoms with E-state index in [1.807, 2.05) is 25.1 Å². The van der Waals surface area contributed by atoms with Crippen molar-refractivity contribution in [2.24, 2.45) is 0 Å². The van der Waals surface area contributed by atoms with Gasteiger partial charge in [-0.05, 0) is 53.8 Å². The molecule has 0 amide bonds. The van der Waals surface area contributed by atoms with Crippen LogP contribution in [-0.2, 0) is 4.74 Å². The van der Waals surface area contributed by atoms with Gasteiger partial charge < -0.3 is 4.74 Å². The van der Waals surface area contributed by atoms with Gasteiger partial charge in [-0.3, -0.25) is 4.98 Å². The van der Waals surface area contributed by atoms with Crippen LogP contribution in [0.25, 0.3) is 10.9 Å². The Bertz CT molecular complexity index is 566. The average Bonchev–Trinajstić information content (AvgIpc) is 2.27. The number of pyridine rings is 1. The van der Waals surface area contributed by atoms with Gasteiger partial charge in [0.25, 0.3) is 0 Å². The van der Waals surface area contributed by atoms with Crippen LogP contribution in [0.15, 0.2) is 24.3 Å². The Morgan fingerprint density at radius 1 is 1.38 bits per heavy atom. The van der Waals surface area contributed by atoms with E-state index in [1.54, 1.807) is 6.07 Å². The molecule has 16 heavy (non-hydrogen) atoms. The van der Waals surface area contributed by atoms with Crippen LogP contribution in [0.2, 0.25) is 0 Å². The maximum Gasteiger partial charge on any atom is 0.337 e. The number of aryl methyl sites for hydroxylation is 1. The fourth-order valence-corrected chi connectivity index (χ4v) is 2.44. The highest BCUT2D eigenvalue weighted by Gasteiger charge is 2.08. The standard InChI is InChI=1S/C12H10INO2/c1-7-5-10(13)9-6-8(12(15)16-2)3-4-11(9)14-7/h3-6H,1-2H3. The summed E-state index contributed by atoms with van der Waals surface area (Å²) in [7, 11) is 1.38. The van der Waals surface area contributed by atoms with E-state index in [4.69, 9.17) is 0 Å². The number of fused-ring (bicyclic) bond motifs is 1. The Labute approximate surface area is 107 Å². The summed E-state index contributed by atoms with van der Waals surface area (Å²) in [5, 5.41) is 0.981. The molecule has 1 aromatic carbocycles. The molecule has 2 aromatic rings. The van der Waals surface area contributed by atoms with Crippen LogP contribution in [-0.4, -0.2) is 18.1 Å². The molecule has 1 aromatic heterocycles. The number of rotatable bonds is 1. The third-order valence-corrected chi connectivity index (χ3v) is 3.20. The largest absolute Gasteiger partial charge is 0.465 e. The third kappa shape index (κ3) is 2.02. The average molecular weight is 327 g/mol. The summed E-state index contributed by atoms with van der Waals surface area (Å²) in [5.74, 6) is -0.321. The van der Waals surface area contributed by atoms with Crippen LogP contribution >= 0.6 is 22.6 Å². The summed E-state index contributed by atoms with van der Waals surface area (Å²) >= 11 is 2.24. The number of halogens is 1. The normalized spacial score (nSPS) is 10.4. The lowest BCUT2D eigenvalue weighted by Crippen LogP contribution is -2.01. The number of carbonyl (C=O) groups is 1. The molecule has 0 aliphatic carbocycles. The number of benzene rings is 1. The maximum atomic E-state index is 11.4. The maximum absolute atomic E-state index is 11.4. The molecule has 0 saturated heterocycles. The zero-order valence-electron chi connectivity index (χ0n) is 8.95. The molecule has 0 unspecified atom stereocenters. The number of hydrogen-bond acceptors (Lipinski definition) is 3. The number of nitrogens with zero attached hydrogens (tertiary/aromatic N) is 1. The van der Waals surface area contributed by atoms with Crippen molar-refractivity contribution in [3.63, 3.8) is 0 Å². The van der Waals surface area contributed by atoms with Gasteiger partial charge >= 0.3 is 5.97 Å². The van der Waals surface area contributed by atoms with Crippen LogP contribution in [0.1, 0.15) is 16.1 Å². The van der Waals surface area contributed by atoms with Gasteiger partial charge in [-0.15, -0.1) is 0 Å². The molecule has 0 aliphatic heterocycles. The first kappa shape index (κ1) is 11.3. The second-order valence-electron chi connectivity index (χ2n) is 3.47. The minimum absolute atomic E-state index is 0.321. The van der Waals surface area contributed by atoms with Crippen molar-refractivity contribution in [2.45, 2.75) is 6.92 Å². The van der Waals surface area contributed by atoms with Crippen molar-refractivity contribution in [2.75, 3.05) is 7.11 Å². The highest BCUT2D eigenvalue weighted by molar-refractivity contribution is 14.1. The van der Waals surface area contributed by atoms with Crippen molar-refractivity contribution in [1.82, 2.24) is 4.98 Å². The molecule has 82 valence electrons. The molecule has 0 fully saturated rings. The zero-order valence-corrected chi connectivity index (χ0v) is 11.1. The minimum atomic E-state index is -0.321. The summed E-state index contributed by atoms with van der Waals surface area (Å²) in [6, 6.07) is 7.38. The predicted molar refractivity (Wildman–Crippen MR) is 70.5 cm³/mol. The first-order valence-corrected chi connectivity index (χ1v) is 5.85. The number of ether oxygens (including phenoxy) is 1. The highest BCUT2D eigenvalue weighted by atomic mass is 127. The van der Waals surface area contributed by atoms with Crippen molar-refractivity contribution >= 4 is 39.5 Å². The van der Waals surface area contributed by atoms with Crippen LogP contribution in [0.5, 0.6) is 0 Å². The van der Waals surface area contributed by atoms with Crippen molar-refractivity contribution < 1.29 is 9.53 Å². The molecule has 2 rings (SSSR count). The van der Waals surface area contributed by atoms with Gasteiger partial charge in [0.15, 0.2) is 0 Å². The molecule has 0 bridgehead atoms. The van der Waals surface area contributed by atoms with E-state index < -0.39 is 0 Å². The van der Waals surface area contributed by atoms with Crippen molar-refractivity contribution in [3.05, 3.63) is 39.1 Å². The van der Waals surface area contributed by atoms with Gasteiger partial charge in [-0.2, -0.15) is 0 Å². The number of carbonyl (C=O) groups excluding carboxylic acids is 1. The number of methoxy groups -OCH3 is 1. The Kier molecular flexibility index (Phi) is 3.09. The van der Waals surface area contributed by atoms with E-state index in [0.29, 0.717) is 5.56 Å². The molecule has 4 heteroatoms. The third-order valence-electron chi connectivity index (χ3n) is 2.31. The van der Waals surface area contributed by atoms with Crippen LogP contribution < -0.4 is 0 Å². The zero-order chi connectivity index (χ0) is 11.7. The fourth-order valence-electron chi connectivity index (χ4n) is 1.55. The smallest absolute Gasteiger partial charge is 0.337 e. The molecule has 0 N–H and O–H groups in total. The number of hydrogen-bond donors (Lipinski definition) is 0. The lowest BCUT2D eigenvalue weighted by Gasteiger charge is -2.04. The van der Waals surface area contributed by atoms with E-state index in [-0.39, 0.29) is 5.97 Å². The molecule has 0 spiro atoms. The van der Waals surface area contributed by atoms with Gasteiger partial charge in [0.2, 0.25) is 0 Å². The predicted octanol–water partition coefficient (Wildman–Crippen LogP) is 2.93. The van der Waals surface area contributed by atoms with E-state index in [0.717, 1.165) is 20.2 Å². The van der Waals surface area contributed by atoms with Gasteiger partial charge in [-0.1, -0.05) is 0 Å². The second-order valence-corrected chi connectivity index (χ2v) is 4.63. The summed E-state index contributed by atoms with van der Waals surface area (Å²) in [6.07, 6.45) is 0. The fraction of sp³-hybridized carbons (Fsp3) is 0.167. The Hall–Kier alpha value is -1.17. The summed E-state index contributed by atoms with van der Waals surface area (Å²) in [4.78, 5) is 15.8. The quantitative estimate of drug-likeness (QED) is 0.597. The van der Waals surface area contributed by atoms with Gasteiger partial charge in [0.1, 0.15) is 0 Å². The first-order valence-electron chi connectivity index (χ1n) is 4.77. The van der Waals surface area contributed by atoms with Crippen molar-refractivity contribution in [3.8, 4) is 0 Å². The van der Waals surface area contributed by atoms with Gasteiger partial charge in [-0.25, -0.2) is 4.79 Å². The van der Waals surface area contributed by atoms with E-state index in [1.165, 1.54) is 7.11 Å². The molecular weight excluding hydrogens is 317 g/mol. The molecular formula is C12H10INO2. The topological polar surface area (TPSA) is 39.2 Å². The van der Waals surface area contributed by atoms with E-state index in [9.17, 15) is 4.79 Å². The summed E-state index contributed by atoms with van der Waals surface area (Å²) in [6.45, 7) is 1.95. The number of aromatic nitrogens is 1. The lowest BCUT2D eigenvalue weighted by atomic mass is 10.1. The lowest BCUT2D eigenvalue weighted by molar-refractivity contribution is 0.0601. The van der Waals surface area contributed by atoms with E-state index >= 15 is 0 Å². The summed E-state index contributed by atoms with van der Waals surface area (Å²) in [5.41, 5.74) is 2.43. The SMILES string of the molecule is COC(=O)c1ccc2nc(C)cc(I)c2c1. The minimum Gasteiger partial charge on any atom is -0.465 e. The van der Waals surface area contributed by atoms with Gasteiger partial charge in [0, 0.05) is 14.7 Å². The molecule has 0 radical (unpaired) electrons. The molecule has 0 aliphatic rings. The monoisotopic (exact) mass is 327 g/mol. The van der Waals surface area contributed by atoms with Crippen LogP contribution in [0.3, 0.4) is 0 Å². The highest BCUT2D eigenvalue weighted by Crippen LogP contribution is 2.21. The molecule has 3 nitrogen and oxygen atoms in total.